The molecule has 2 aromatic rings. The third kappa shape index (κ3) is 7.47. The highest BCUT2D eigenvalue weighted by molar-refractivity contribution is 9.10. The van der Waals surface area contributed by atoms with Gasteiger partial charge in [-0.05, 0) is 65.9 Å². The highest BCUT2D eigenvalue weighted by atomic mass is 79.9. The summed E-state index contributed by atoms with van der Waals surface area (Å²) >= 11 is 9.42. The molecule has 5 nitrogen and oxygen atoms in total. The van der Waals surface area contributed by atoms with Crippen LogP contribution >= 0.6 is 27.5 Å². The Bertz CT molecular complexity index is 945. The van der Waals surface area contributed by atoms with Crippen LogP contribution in [0.3, 0.4) is 0 Å². The molecule has 1 atom stereocenters. The number of halogens is 2. The Hall–Kier alpha value is -2.05. The minimum Gasteiger partial charge on any atom is -0.483 e. The van der Waals surface area contributed by atoms with Crippen LogP contribution < -0.4 is 10.1 Å². The van der Waals surface area contributed by atoms with Gasteiger partial charge in [0.2, 0.25) is 5.91 Å². The Morgan fingerprint density at radius 2 is 1.85 bits per heavy atom. The molecule has 0 heterocycles. The SMILES string of the molecule is CCC(C(=O)NC1CCCCC1)N(Cc1ccc(C)cc1)C(=O)COc1ccc(Cl)cc1Br. The van der Waals surface area contributed by atoms with E-state index >= 15 is 0 Å². The molecule has 0 aromatic heterocycles. The first kappa shape index (κ1) is 25.6. The smallest absolute Gasteiger partial charge is 0.261 e. The van der Waals surface area contributed by atoms with Crippen molar-refractivity contribution in [1.29, 1.82) is 0 Å². The maximum atomic E-state index is 13.3. The van der Waals surface area contributed by atoms with Crippen LogP contribution in [-0.4, -0.2) is 35.4 Å². The van der Waals surface area contributed by atoms with Crippen molar-refractivity contribution in [2.24, 2.45) is 0 Å². The number of ether oxygens (including phenoxy) is 1. The molecular weight excluding hydrogens is 504 g/mol. The molecule has 2 aromatic carbocycles. The first-order chi connectivity index (χ1) is 15.9. The fourth-order valence-corrected chi connectivity index (χ4v) is 4.97. The predicted molar refractivity (Wildman–Crippen MR) is 135 cm³/mol. The minimum atomic E-state index is -0.557. The standard InChI is InChI=1S/C26H32BrClN2O3/c1-3-23(26(32)29-21-7-5-4-6-8-21)30(16-19-11-9-18(2)10-12-19)25(31)17-33-24-14-13-20(28)15-22(24)27/h9-15,21,23H,3-8,16-17H2,1-2H3,(H,29,32). The molecule has 1 aliphatic rings. The molecule has 1 N–H and O–H groups in total. The molecule has 7 heteroatoms. The van der Waals surface area contributed by atoms with Crippen molar-refractivity contribution < 1.29 is 14.3 Å². The quantitative estimate of drug-likeness (QED) is 0.425. The van der Waals surface area contributed by atoms with Crippen molar-refractivity contribution in [2.75, 3.05) is 6.61 Å². The first-order valence-corrected chi connectivity index (χ1v) is 12.8. The lowest BCUT2D eigenvalue weighted by molar-refractivity contribution is -0.143. The lowest BCUT2D eigenvalue weighted by Gasteiger charge is -2.32. The number of carbonyl (C=O) groups excluding carboxylic acids is 2. The zero-order chi connectivity index (χ0) is 23.8. The first-order valence-electron chi connectivity index (χ1n) is 11.6. The van der Waals surface area contributed by atoms with E-state index in [4.69, 9.17) is 16.3 Å². The highest BCUT2D eigenvalue weighted by Gasteiger charge is 2.30. The molecule has 1 unspecified atom stereocenters. The number of benzene rings is 2. The van der Waals surface area contributed by atoms with Gasteiger partial charge < -0.3 is 15.0 Å². The number of carbonyl (C=O) groups is 2. The van der Waals surface area contributed by atoms with Crippen LogP contribution in [0, 0.1) is 6.92 Å². The lowest BCUT2D eigenvalue weighted by Crippen LogP contribution is -2.52. The van der Waals surface area contributed by atoms with Crippen molar-refractivity contribution in [3.05, 3.63) is 63.1 Å². The van der Waals surface area contributed by atoms with E-state index in [1.165, 1.54) is 6.42 Å². The summed E-state index contributed by atoms with van der Waals surface area (Å²) in [5.74, 6) is 0.211. The van der Waals surface area contributed by atoms with Crippen LogP contribution in [0.1, 0.15) is 56.6 Å². The van der Waals surface area contributed by atoms with Gasteiger partial charge in [-0.25, -0.2) is 0 Å². The Kier molecular flexibility index (Phi) is 9.63. The number of amides is 2. The van der Waals surface area contributed by atoms with Gasteiger partial charge in [-0.1, -0.05) is 67.6 Å². The van der Waals surface area contributed by atoms with Gasteiger partial charge in [0.15, 0.2) is 6.61 Å². The Morgan fingerprint density at radius 3 is 2.48 bits per heavy atom. The number of nitrogens with one attached hydrogen (secondary N) is 1. The van der Waals surface area contributed by atoms with Gasteiger partial charge in [-0.2, -0.15) is 0 Å². The summed E-state index contributed by atoms with van der Waals surface area (Å²) in [5.41, 5.74) is 2.13. The number of hydrogen-bond acceptors (Lipinski definition) is 3. The largest absolute Gasteiger partial charge is 0.483 e. The topological polar surface area (TPSA) is 58.6 Å². The van der Waals surface area contributed by atoms with Crippen LogP contribution in [0.15, 0.2) is 46.9 Å². The third-order valence-corrected chi connectivity index (χ3v) is 6.91. The zero-order valence-electron chi connectivity index (χ0n) is 19.3. The Labute approximate surface area is 210 Å². The second kappa shape index (κ2) is 12.4. The molecule has 33 heavy (non-hydrogen) atoms. The van der Waals surface area contributed by atoms with Crippen LogP contribution in [0.4, 0.5) is 0 Å². The van der Waals surface area contributed by atoms with Gasteiger partial charge in [-0.15, -0.1) is 0 Å². The number of aryl methyl sites for hydroxylation is 1. The van der Waals surface area contributed by atoms with Gasteiger partial charge in [0.1, 0.15) is 11.8 Å². The average molecular weight is 536 g/mol. The van der Waals surface area contributed by atoms with E-state index in [1.807, 2.05) is 38.1 Å². The summed E-state index contributed by atoms with van der Waals surface area (Å²) in [6.45, 7) is 4.15. The lowest BCUT2D eigenvalue weighted by atomic mass is 9.95. The summed E-state index contributed by atoms with van der Waals surface area (Å²) in [4.78, 5) is 28.2. The Balaban J connectivity index is 1.76. The summed E-state index contributed by atoms with van der Waals surface area (Å²) in [7, 11) is 0. The van der Waals surface area contributed by atoms with E-state index in [0.29, 0.717) is 28.2 Å². The van der Waals surface area contributed by atoms with Crippen molar-refractivity contribution in [1.82, 2.24) is 10.2 Å². The molecular formula is C26H32BrClN2O3. The van der Waals surface area contributed by atoms with Crippen LogP contribution in [0.2, 0.25) is 5.02 Å². The average Bonchev–Trinajstić information content (AvgIpc) is 2.80. The second-order valence-corrected chi connectivity index (χ2v) is 9.93. The van der Waals surface area contributed by atoms with Gasteiger partial charge in [0, 0.05) is 17.6 Å². The molecule has 1 fully saturated rings. The van der Waals surface area contributed by atoms with E-state index in [1.54, 1.807) is 23.1 Å². The van der Waals surface area contributed by atoms with Crippen molar-refractivity contribution >= 4 is 39.3 Å². The molecule has 0 spiro atoms. The molecule has 0 saturated heterocycles. The van der Waals surface area contributed by atoms with Gasteiger partial charge in [0.05, 0.1) is 4.47 Å². The summed E-state index contributed by atoms with van der Waals surface area (Å²) in [5, 5.41) is 3.77. The summed E-state index contributed by atoms with van der Waals surface area (Å²) in [6.07, 6.45) is 6.03. The molecule has 0 bridgehead atoms. The summed E-state index contributed by atoms with van der Waals surface area (Å²) in [6, 6.07) is 12.8. The molecule has 2 amide bonds. The minimum absolute atomic E-state index is 0.0856. The molecule has 178 valence electrons. The molecule has 0 radical (unpaired) electrons. The predicted octanol–water partition coefficient (Wildman–Crippen LogP) is 6.05. The van der Waals surface area contributed by atoms with E-state index < -0.39 is 6.04 Å². The van der Waals surface area contributed by atoms with Crippen LogP contribution in [0.25, 0.3) is 0 Å². The third-order valence-electron chi connectivity index (χ3n) is 6.06. The number of nitrogens with zero attached hydrogens (tertiary/aromatic N) is 1. The number of hydrogen-bond donors (Lipinski definition) is 1. The van der Waals surface area contributed by atoms with E-state index in [0.717, 1.165) is 36.8 Å². The fourth-order valence-electron chi connectivity index (χ4n) is 4.17. The van der Waals surface area contributed by atoms with Crippen molar-refractivity contribution in [2.45, 2.75) is 71.0 Å². The van der Waals surface area contributed by atoms with E-state index in [2.05, 4.69) is 21.2 Å². The van der Waals surface area contributed by atoms with E-state index in [-0.39, 0.29) is 24.5 Å². The van der Waals surface area contributed by atoms with Gasteiger partial charge in [0.25, 0.3) is 5.91 Å². The highest BCUT2D eigenvalue weighted by Crippen LogP contribution is 2.28. The zero-order valence-corrected chi connectivity index (χ0v) is 21.6. The normalized spacial score (nSPS) is 15.0. The number of rotatable bonds is 9. The fraction of sp³-hybridized carbons (Fsp3) is 0.462. The summed E-state index contributed by atoms with van der Waals surface area (Å²) < 4.78 is 6.46. The maximum Gasteiger partial charge on any atom is 0.261 e. The van der Waals surface area contributed by atoms with E-state index in [9.17, 15) is 9.59 Å². The monoisotopic (exact) mass is 534 g/mol. The molecule has 1 saturated carbocycles. The van der Waals surface area contributed by atoms with Crippen molar-refractivity contribution in [3.63, 3.8) is 0 Å². The second-order valence-electron chi connectivity index (χ2n) is 8.64. The van der Waals surface area contributed by atoms with Gasteiger partial charge >= 0.3 is 0 Å². The van der Waals surface area contributed by atoms with Crippen LogP contribution in [-0.2, 0) is 16.1 Å². The molecule has 0 aliphatic heterocycles. The maximum absolute atomic E-state index is 13.3. The van der Waals surface area contributed by atoms with Crippen molar-refractivity contribution in [3.8, 4) is 5.75 Å². The molecule has 1 aliphatic carbocycles. The molecule has 3 rings (SSSR count). The van der Waals surface area contributed by atoms with Crippen LogP contribution in [0.5, 0.6) is 5.75 Å². The Morgan fingerprint density at radius 1 is 1.15 bits per heavy atom. The van der Waals surface area contributed by atoms with Gasteiger partial charge in [-0.3, -0.25) is 9.59 Å².